The van der Waals surface area contributed by atoms with E-state index in [4.69, 9.17) is 4.74 Å². The molecule has 1 aromatic heterocycles. The van der Waals surface area contributed by atoms with Crippen molar-refractivity contribution in [2.24, 2.45) is 0 Å². The molecule has 8 nitrogen and oxygen atoms in total. The van der Waals surface area contributed by atoms with Crippen LogP contribution in [0.4, 0.5) is 15.8 Å². The maximum absolute atomic E-state index is 13.3. The van der Waals surface area contributed by atoms with Gasteiger partial charge in [0.15, 0.2) is 6.61 Å². The number of hydrogen-bond donors (Lipinski definition) is 2. The molecule has 0 fully saturated rings. The minimum absolute atomic E-state index is 0.0197. The Morgan fingerprint density at radius 1 is 1.23 bits per heavy atom. The molecule has 2 N–H and O–H groups in total. The molecule has 1 amide bonds. The number of para-hydroxylation sites is 1. The zero-order valence-corrected chi connectivity index (χ0v) is 13.2. The second-order valence-corrected chi connectivity index (χ2v) is 5.30. The Labute approximate surface area is 145 Å². The van der Waals surface area contributed by atoms with Crippen molar-refractivity contribution < 1.29 is 23.6 Å². The number of nitrogens with one attached hydrogen (secondary N) is 2. The summed E-state index contributed by atoms with van der Waals surface area (Å²) in [5.41, 5.74) is 0.290. The van der Waals surface area contributed by atoms with Crippen molar-refractivity contribution >= 4 is 34.2 Å². The summed E-state index contributed by atoms with van der Waals surface area (Å²) in [5.74, 6) is -2.42. The van der Waals surface area contributed by atoms with Crippen LogP contribution in [0.15, 0.2) is 48.7 Å². The normalized spacial score (nSPS) is 10.5. The molecule has 0 atom stereocenters. The average Bonchev–Trinajstić information content (AvgIpc) is 3.05. The van der Waals surface area contributed by atoms with Crippen molar-refractivity contribution in [2.75, 3.05) is 11.9 Å². The van der Waals surface area contributed by atoms with Crippen LogP contribution < -0.4 is 5.32 Å². The predicted molar refractivity (Wildman–Crippen MR) is 90.3 cm³/mol. The first-order valence-electron chi connectivity index (χ1n) is 7.43. The van der Waals surface area contributed by atoms with Crippen LogP contribution in [0.25, 0.3) is 10.9 Å². The number of anilines is 1. The fourth-order valence-electron chi connectivity index (χ4n) is 2.38. The maximum atomic E-state index is 13.3. The third-order valence-corrected chi connectivity index (χ3v) is 3.57. The van der Waals surface area contributed by atoms with Crippen LogP contribution in [0.3, 0.4) is 0 Å². The number of esters is 1. The van der Waals surface area contributed by atoms with Crippen molar-refractivity contribution in [1.82, 2.24) is 4.98 Å². The first-order valence-corrected chi connectivity index (χ1v) is 7.43. The Kier molecular flexibility index (Phi) is 4.61. The van der Waals surface area contributed by atoms with Gasteiger partial charge in [0.2, 0.25) is 5.82 Å². The van der Waals surface area contributed by atoms with Gasteiger partial charge in [0, 0.05) is 28.9 Å². The molecule has 3 rings (SSSR count). The molecule has 26 heavy (non-hydrogen) atoms. The molecule has 0 saturated heterocycles. The van der Waals surface area contributed by atoms with E-state index in [0.29, 0.717) is 5.39 Å². The lowest BCUT2D eigenvalue weighted by molar-refractivity contribution is -0.387. The lowest BCUT2D eigenvalue weighted by atomic mass is 10.2. The number of aromatic nitrogens is 1. The number of nitro groups is 1. The number of amides is 1. The van der Waals surface area contributed by atoms with E-state index < -0.39 is 34.9 Å². The fourth-order valence-corrected chi connectivity index (χ4v) is 2.38. The summed E-state index contributed by atoms with van der Waals surface area (Å²) in [6.07, 6.45) is 1.48. The predicted octanol–water partition coefficient (Wildman–Crippen LogP) is 3.01. The Morgan fingerprint density at radius 2 is 2.00 bits per heavy atom. The second-order valence-electron chi connectivity index (χ2n) is 5.30. The number of carbonyl (C=O) groups is 2. The molecule has 0 aliphatic carbocycles. The number of nitro benzene ring substituents is 1. The maximum Gasteiger partial charge on any atom is 0.340 e. The molecule has 3 aromatic rings. The van der Waals surface area contributed by atoms with Gasteiger partial charge in [-0.3, -0.25) is 14.9 Å². The van der Waals surface area contributed by atoms with Crippen LogP contribution in [0.1, 0.15) is 10.4 Å². The van der Waals surface area contributed by atoms with E-state index in [1.165, 1.54) is 12.3 Å². The van der Waals surface area contributed by atoms with E-state index in [9.17, 15) is 24.1 Å². The Hall–Kier alpha value is -3.75. The van der Waals surface area contributed by atoms with Gasteiger partial charge in [0.25, 0.3) is 5.91 Å². The van der Waals surface area contributed by atoms with Gasteiger partial charge in [0.05, 0.1) is 10.5 Å². The molecule has 0 unspecified atom stereocenters. The summed E-state index contributed by atoms with van der Waals surface area (Å²) >= 11 is 0. The quantitative estimate of drug-likeness (QED) is 0.414. The topological polar surface area (TPSA) is 114 Å². The number of fused-ring (bicyclic) bond motifs is 1. The van der Waals surface area contributed by atoms with Crippen LogP contribution in [-0.2, 0) is 9.53 Å². The molecule has 9 heteroatoms. The summed E-state index contributed by atoms with van der Waals surface area (Å²) in [7, 11) is 0. The number of ether oxygens (including phenoxy) is 1. The van der Waals surface area contributed by atoms with Crippen molar-refractivity contribution in [3.63, 3.8) is 0 Å². The molecular weight excluding hydrogens is 345 g/mol. The molecule has 1 heterocycles. The van der Waals surface area contributed by atoms with Gasteiger partial charge in [-0.2, -0.15) is 4.39 Å². The average molecular weight is 357 g/mol. The van der Waals surface area contributed by atoms with Crippen LogP contribution in [0, 0.1) is 15.9 Å². The molecule has 0 spiro atoms. The highest BCUT2D eigenvalue weighted by Gasteiger charge is 2.17. The van der Waals surface area contributed by atoms with Crippen LogP contribution >= 0.6 is 0 Å². The van der Waals surface area contributed by atoms with Crippen LogP contribution in [0.5, 0.6) is 0 Å². The SMILES string of the molecule is O=C(COC(=O)c1c[nH]c2ccccc12)Nc1ccc(F)c([N+](=O)[O-])c1. The number of hydrogen-bond acceptors (Lipinski definition) is 5. The van der Waals surface area contributed by atoms with Crippen molar-refractivity contribution in [3.05, 3.63) is 70.2 Å². The minimum Gasteiger partial charge on any atom is -0.452 e. The number of carbonyl (C=O) groups excluding carboxylic acids is 2. The zero-order valence-electron chi connectivity index (χ0n) is 13.2. The molecular formula is C17H12FN3O5. The van der Waals surface area contributed by atoms with E-state index in [2.05, 4.69) is 10.3 Å². The van der Waals surface area contributed by atoms with Crippen LogP contribution in [-0.4, -0.2) is 28.4 Å². The van der Waals surface area contributed by atoms with Gasteiger partial charge in [-0.05, 0) is 18.2 Å². The monoisotopic (exact) mass is 357 g/mol. The highest BCUT2D eigenvalue weighted by Crippen LogP contribution is 2.22. The van der Waals surface area contributed by atoms with E-state index >= 15 is 0 Å². The Morgan fingerprint density at radius 3 is 2.77 bits per heavy atom. The van der Waals surface area contributed by atoms with Crippen LogP contribution in [0.2, 0.25) is 0 Å². The first kappa shape index (κ1) is 17.1. The molecule has 0 bridgehead atoms. The molecule has 2 aromatic carbocycles. The minimum atomic E-state index is -1.02. The molecule has 0 saturated carbocycles. The van der Waals surface area contributed by atoms with Gasteiger partial charge in [-0.15, -0.1) is 0 Å². The van der Waals surface area contributed by atoms with E-state index in [-0.39, 0.29) is 11.3 Å². The van der Waals surface area contributed by atoms with E-state index in [1.54, 1.807) is 18.2 Å². The van der Waals surface area contributed by atoms with Crippen molar-refractivity contribution in [1.29, 1.82) is 0 Å². The van der Waals surface area contributed by atoms with E-state index in [1.807, 2.05) is 6.07 Å². The lowest BCUT2D eigenvalue weighted by Gasteiger charge is -2.06. The second kappa shape index (κ2) is 7.01. The lowest BCUT2D eigenvalue weighted by Crippen LogP contribution is -2.21. The molecule has 0 aliphatic rings. The zero-order chi connectivity index (χ0) is 18.7. The van der Waals surface area contributed by atoms with Gasteiger partial charge >= 0.3 is 11.7 Å². The largest absolute Gasteiger partial charge is 0.452 e. The smallest absolute Gasteiger partial charge is 0.340 e. The summed E-state index contributed by atoms with van der Waals surface area (Å²) < 4.78 is 18.2. The third-order valence-electron chi connectivity index (χ3n) is 3.57. The third kappa shape index (κ3) is 3.51. The summed E-state index contributed by atoms with van der Waals surface area (Å²) in [6.45, 7) is -0.594. The van der Waals surface area contributed by atoms with Crippen molar-refractivity contribution in [3.8, 4) is 0 Å². The molecule has 0 aliphatic heterocycles. The Bertz CT molecular complexity index is 1010. The highest BCUT2D eigenvalue weighted by molar-refractivity contribution is 6.05. The first-order chi connectivity index (χ1) is 12.5. The Balaban J connectivity index is 1.63. The molecule has 132 valence electrons. The number of rotatable bonds is 5. The van der Waals surface area contributed by atoms with Crippen molar-refractivity contribution in [2.45, 2.75) is 0 Å². The fraction of sp³-hybridized carbons (Fsp3) is 0.0588. The number of nitrogens with zero attached hydrogens (tertiary/aromatic N) is 1. The van der Waals surface area contributed by atoms with Gasteiger partial charge in [-0.25, -0.2) is 4.79 Å². The summed E-state index contributed by atoms with van der Waals surface area (Å²) in [4.78, 5) is 36.7. The summed E-state index contributed by atoms with van der Waals surface area (Å²) in [5, 5.41) is 13.7. The van der Waals surface area contributed by atoms with E-state index in [0.717, 1.165) is 17.6 Å². The molecule has 0 radical (unpaired) electrons. The van der Waals surface area contributed by atoms with Gasteiger partial charge in [0.1, 0.15) is 0 Å². The number of H-pyrrole nitrogens is 1. The number of halogens is 1. The van der Waals surface area contributed by atoms with Gasteiger partial charge < -0.3 is 15.0 Å². The summed E-state index contributed by atoms with van der Waals surface area (Å²) in [6, 6.07) is 10.0. The standard InChI is InChI=1S/C17H12FN3O5/c18-13-6-5-10(7-15(13)21(24)25)20-16(22)9-26-17(23)12-8-19-14-4-2-1-3-11(12)14/h1-8,19H,9H2,(H,20,22). The number of aromatic amines is 1. The highest BCUT2D eigenvalue weighted by atomic mass is 19.1. The number of benzene rings is 2. The van der Waals surface area contributed by atoms with Gasteiger partial charge in [-0.1, -0.05) is 18.2 Å².